The number of hydrogen-bond donors (Lipinski definition) is 1. The maximum absolute atomic E-state index is 12.6. The molecular formula is C21H22N2O4. The number of amides is 3. The number of nitrogens with one attached hydrogen (secondary N) is 1. The van der Waals surface area contributed by atoms with E-state index < -0.39 is 24.0 Å². The van der Waals surface area contributed by atoms with Crippen LogP contribution < -0.4 is 5.32 Å². The lowest BCUT2D eigenvalue weighted by Crippen LogP contribution is -2.41. The molecule has 0 unspecified atom stereocenters. The molecule has 1 fully saturated rings. The first kappa shape index (κ1) is 18.6. The van der Waals surface area contributed by atoms with Gasteiger partial charge in [0.25, 0.3) is 5.91 Å². The third-order valence-corrected chi connectivity index (χ3v) is 4.52. The number of carbonyl (C=O) groups excluding carboxylic acids is 3. The lowest BCUT2D eigenvalue weighted by atomic mass is 10.00. The van der Waals surface area contributed by atoms with Gasteiger partial charge in [-0.2, -0.15) is 0 Å². The van der Waals surface area contributed by atoms with Crippen molar-refractivity contribution in [2.45, 2.75) is 25.9 Å². The average Bonchev–Trinajstić information content (AvgIpc) is 3.12. The van der Waals surface area contributed by atoms with E-state index in [-0.39, 0.29) is 6.54 Å². The SMILES string of the molecule is C[C@H](OC(=O)c1ccccc1CCc1ccccc1)C(=O)N1CCNC1=O. The van der Waals surface area contributed by atoms with Gasteiger partial charge in [-0.25, -0.2) is 9.59 Å². The summed E-state index contributed by atoms with van der Waals surface area (Å²) in [4.78, 5) is 37.6. The highest BCUT2D eigenvalue weighted by Crippen LogP contribution is 2.15. The number of rotatable bonds is 6. The first-order valence-electron chi connectivity index (χ1n) is 8.98. The Morgan fingerprint density at radius 3 is 2.48 bits per heavy atom. The van der Waals surface area contributed by atoms with Crippen molar-refractivity contribution in [3.05, 3.63) is 71.3 Å². The molecular weight excluding hydrogens is 344 g/mol. The molecule has 2 aromatic carbocycles. The summed E-state index contributed by atoms with van der Waals surface area (Å²) in [7, 11) is 0. The molecule has 1 heterocycles. The van der Waals surface area contributed by atoms with Crippen molar-refractivity contribution in [3.63, 3.8) is 0 Å². The Labute approximate surface area is 158 Å². The zero-order valence-electron chi connectivity index (χ0n) is 15.2. The summed E-state index contributed by atoms with van der Waals surface area (Å²) >= 11 is 0. The number of aryl methyl sites for hydroxylation is 2. The second kappa shape index (κ2) is 8.49. The predicted molar refractivity (Wildman–Crippen MR) is 100 cm³/mol. The van der Waals surface area contributed by atoms with Gasteiger partial charge >= 0.3 is 12.0 Å². The van der Waals surface area contributed by atoms with E-state index >= 15 is 0 Å². The van der Waals surface area contributed by atoms with E-state index in [1.807, 2.05) is 42.5 Å². The highest BCUT2D eigenvalue weighted by atomic mass is 16.5. The van der Waals surface area contributed by atoms with Crippen molar-refractivity contribution in [2.75, 3.05) is 13.1 Å². The second-order valence-corrected chi connectivity index (χ2v) is 6.41. The molecule has 3 rings (SSSR count). The minimum atomic E-state index is -1.02. The molecule has 0 aromatic heterocycles. The van der Waals surface area contributed by atoms with Crippen LogP contribution in [0.5, 0.6) is 0 Å². The minimum absolute atomic E-state index is 0.285. The summed E-state index contributed by atoms with van der Waals surface area (Å²) in [6.07, 6.45) is 0.461. The molecule has 1 aliphatic heterocycles. The van der Waals surface area contributed by atoms with E-state index in [1.54, 1.807) is 12.1 Å². The topological polar surface area (TPSA) is 75.7 Å². The van der Waals surface area contributed by atoms with Crippen LogP contribution in [0.4, 0.5) is 4.79 Å². The van der Waals surface area contributed by atoms with Crippen LogP contribution >= 0.6 is 0 Å². The van der Waals surface area contributed by atoms with E-state index in [4.69, 9.17) is 4.74 Å². The molecule has 0 saturated carbocycles. The van der Waals surface area contributed by atoms with Crippen molar-refractivity contribution in [1.82, 2.24) is 10.2 Å². The molecule has 1 atom stereocenters. The van der Waals surface area contributed by atoms with Gasteiger partial charge in [-0.05, 0) is 37.0 Å². The summed E-state index contributed by atoms with van der Waals surface area (Å²) in [6, 6.07) is 16.8. The molecule has 140 valence electrons. The van der Waals surface area contributed by atoms with Gasteiger partial charge in [0.2, 0.25) is 0 Å². The quantitative estimate of drug-likeness (QED) is 0.798. The maximum Gasteiger partial charge on any atom is 0.339 e. The third kappa shape index (κ3) is 4.53. The Hall–Kier alpha value is -3.15. The zero-order chi connectivity index (χ0) is 19.2. The smallest absolute Gasteiger partial charge is 0.339 e. The van der Waals surface area contributed by atoms with Gasteiger partial charge in [0.15, 0.2) is 6.10 Å². The van der Waals surface area contributed by atoms with Gasteiger partial charge in [-0.15, -0.1) is 0 Å². The first-order valence-corrected chi connectivity index (χ1v) is 8.98. The molecule has 6 nitrogen and oxygen atoms in total. The highest BCUT2D eigenvalue weighted by Gasteiger charge is 2.32. The van der Waals surface area contributed by atoms with Gasteiger partial charge in [-0.3, -0.25) is 9.69 Å². The van der Waals surface area contributed by atoms with Crippen LogP contribution in [0.2, 0.25) is 0 Å². The fourth-order valence-electron chi connectivity index (χ4n) is 3.04. The Morgan fingerprint density at radius 1 is 1.07 bits per heavy atom. The number of nitrogens with zero attached hydrogens (tertiary/aromatic N) is 1. The lowest BCUT2D eigenvalue weighted by Gasteiger charge is -2.19. The monoisotopic (exact) mass is 366 g/mol. The largest absolute Gasteiger partial charge is 0.449 e. The number of esters is 1. The molecule has 2 aromatic rings. The Kier molecular flexibility index (Phi) is 5.86. The molecule has 1 saturated heterocycles. The van der Waals surface area contributed by atoms with E-state index in [0.29, 0.717) is 18.5 Å². The molecule has 1 N–H and O–H groups in total. The van der Waals surface area contributed by atoms with Gasteiger partial charge in [0.05, 0.1) is 5.56 Å². The van der Waals surface area contributed by atoms with E-state index in [9.17, 15) is 14.4 Å². The fourth-order valence-corrected chi connectivity index (χ4v) is 3.04. The van der Waals surface area contributed by atoms with Gasteiger partial charge in [0.1, 0.15) is 0 Å². The molecule has 0 radical (unpaired) electrons. The Balaban J connectivity index is 1.65. The predicted octanol–water partition coefficient (Wildman–Crippen LogP) is 2.57. The number of ether oxygens (including phenoxy) is 1. The van der Waals surface area contributed by atoms with Crippen molar-refractivity contribution in [3.8, 4) is 0 Å². The van der Waals surface area contributed by atoms with Crippen LogP contribution in [-0.4, -0.2) is 42.0 Å². The number of carbonyl (C=O) groups is 3. The highest BCUT2D eigenvalue weighted by molar-refractivity contribution is 5.99. The van der Waals surface area contributed by atoms with Crippen LogP contribution in [0, 0.1) is 0 Å². The minimum Gasteiger partial charge on any atom is -0.449 e. The van der Waals surface area contributed by atoms with E-state index in [0.717, 1.165) is 16.9 Å². The number of imide groups is 1. The van der Waals surface area contributed by atoms with E-state index in [1.165, 1.54) is 12.5 Å². The number of urea groups is 1. The summed E-state index contributed by atoms with van der Waals surface area (Å²) in [6.45, 7) is 2.18. The molecule has 27 heavy (non-hydrogen) atoms. The standard InChI is InChI=1S/C21H22N2O4/c1-15(19(24)23-14-13-22-21(23)26)27-20(25)18-10-6-5-9-17(18)12-11-16-7-3-2-4-8-16/h2-10,15H,11-14H2,1H3,(H,22,26)/t15-/m0/s1. The fraction of sp³-hybridized carbons (Fsp3) is 0.286. The van der Waals surface area contributed by atoms with Crippen molar-refractivity contribution in [2.24, 2.45) is 0 Å². The van der Waals surface area contributed by atoms with Gasteiger partial charge in [0, 0.05) is 13.1 Å². The summed E-state index contributed by atoms with van der Waals surface area (Å²) in [5.41, 5.74) is 2.49. The van der Waals surface area contributed by atoms with Crippen LogP contribution in [0.25, 0.3) is 0 Å². The van der Waals surface area contributed by atoms with Gasteiger partial charge < -0.3 is 10.1 Å². The molecule has 0 aliphatic carbocycles. The second-order valence-electron chi connectivity index (χ2n) is 6.41. The molecule has 0 spiro atoms. The van der Waals surface area contributed by atoms with E-state index in [2.05, 4.69) is 5.32 Å². The van der Waals surface area contributed by atoms with Crippen molar-refractivity contribution < 1.29 is 19.1 Å². The number of benzene rings is 2. The summed E-state index contributed by atoms with van der Waals surface area (Å²) in [5.74, 6) is -1.07. The molecule has 3 amide bonds. The normalized spacial score (nSPS) is 14.6. The van der Waals surface area contributed by atoms with Gasteiger partial charge in [-0.1, -0.05) is 48.5 Å². The van der Waals surface area contributed by atoms with Crippen LogP contribution in [0.3, 0.4) is 0 Å². The summed E-state index contributed by atoms with van der Waals surface area (Å²) < 4.78 is 5.34. The van der Waals surface area contributed by atoms with Crippen LogP contribution in [-0.2, 0) is 22.4 Å². The van der Waals surface area contributed by atoms with Crippen LogP contribution in [0.15, 0.2) is 54.6 Å². The Morgan fingerprint density at radius 2 is 1.78 bits per heavy atom. The number of hydrogen-bond acceptors (Lipinski definition) is 4. The third-order valence-electron chi connectivity index (χ3n) is 4.52. The average molecular weight is 366 g/mol. The van der Waals surface area contributed by atoms with Crippen molar-refractivity contribution >= 4 is 17.9 Å². The first-order chi connectivity index (χ1) is 13.1. The molecule has 0 bridgehead atoms. The maximum atomic E-state index is 12.6. The van der Waals surface area contributed by atoms with Crippen LogP contribution in [0.1, 0.15) is 28.4 Å². The summed E-state index contributed by atoms with van der Waals surface area (Å²) in [5, 5.41) is 2.56. The zero-order valence-corrected chi connectivity index (χ0v) is 15.2. The van der Waals surface area contributed by atoms with Crippen molar-refractivity contribution in [1.29, 1.82) is 0 Å². The molecule has 6 heteroatoms. The lowest BCUT2D eigenvalue weighted by molar-refractivity contribution is -0.136. The molecule has 1 aliphatic rings. The Bertz CT molecular complexity index is 835.